The fourth-order valence-electron chi connectivity index (χ4n) is 1.52. The van der Waals surface area contributed by atoms with Crippen LogP contribution >= 0.6 is 0 Å². The lowest BCUT2D eigenvalue weighted by molar-refractivity contribution is -0.145. The molecule has 0 aromatic carbocycles. The van der Waals surface area contributed by atoms with E-state index >= 15 is 0 Å². The molecule has 1 atom stereocenters. The van der Waals surface area contributed by atoms with Crippen LogP contribution in [0.1, 0.15) is 26.1 Å². The lowest BCUT2D eigenvalue weighted by Crippen LogP contribution is -2.29. The summed E-state index contributed by atoms with van der Waals surface area (Å²) in [6.45, 7) is 5.69. The fraction of sp³-hybridized carbons (Fsp3) is 0.727. The summed E-state index contributed by atoms with van der Waals surface area (Å²) in [5, 5.41) is 20.4. The van der Waals surface area contributed by atoms with Gasteiger partial charge < -0.3 is 19.7 Å². The van der Waals surface area contributed by atoms with Gasteiger partial charge in [-0.1, -0.05) is 0 Å². The van der Waals surface area contributed by atoms with Gasteiger partial charge in [-0.15, -0.1) is 10.2 Å². The van der Waals surface area contributed by atoms with Gasteiger partial charge in [0, 0.05) is 13.1 Å². The predicted molar refractivity (Wildman–Crippen MR) is 64.7 cm³/mol. The number of aromatic nitrogens is 3. The minimum absolute atomic E-state index is 0.00130. The zero-order chi connectivity index (χ0) is 13.4. The van der Waals surface area contributed by atoms with Gasteiger partial charge >= 0.3 is 5.97 Å². The van der Waals surface area contributed by atoms with E-state index in [1.165, 1.54) is 0 Å². The van der Waals surface area contributed by atoms with Crippen molar-refractivity contribution in [1.29, 1.82) is 0 Å². The lowest BCUT2D eigenvalue weighted by atomic mass is 10.2. The van der Waals surface area contributed by atoms with Crippen molar-refractivity contribution in [3.63, 3.8) is 0 Å². The van der Waals surface area contributed by atoms with Crippen LogP contribution in [0.15, 0.2) is 6.33 Å². The quantitative estimate of drug-likeness (QED) is 0.621. The van der Waals surface area contributed by atoms with Gasteiger partial charge in [0.1, 0.15) is 12.2 Å². The Morgan fingerprint density at radius 3 is 3.06 bits per heavy atom. The third kappa shape index (κ3) is 4.80. The highest BCUT2D eigenvalue weighted by Gasteiger charge is 2.11. The number of hydrogen-bond donors (Lipinski definition) is 2. The van der Waals surface area contributed by atoms with Crippen LogP contribution in [0.5, 0.6) is 0 Å². The van der Waals surface area contributed by atoms with Gasteiger partial charge in [-0.3, -0.25) is 4.79 Å². The number of carbonyl (C=O) groups excluding carboxylic acids is 1. The van der Waals surface area contributed by atoms with Crippen molar-refractivity contribution in [2.45, 2.75) is 39.5 Å². The minimum Gasteiger partial charge on any atom is -0.466 e. The monoisotopic (exact) mass is 256 g/mol. The van der Waals surface area contributed by atoms with Gasteiger partial charge in [0.25, 0.3) is 0 Å². The van der Waals surface area contributed by atoms with Crippen molar-refractivity contribution in [3.8, 4) is 0 Å². The van der Waals surface area contributed by atoms with E-state index in [9.17, 15) is 9.90 Å². The van der Waals surface area contributed by atoms with Crippen molar-refractivity contribution < 1.29 is 14.6 Å². The molecule has 7 nitrogen and oxygen atoms in total. The molecule has 0 saturated heterocycles. The Bertz CT molecular complexity index is 367. The van der Waals surface area contributed by atoms with Gasteiger partial charge in [0.05, 0.1) is 25.7 Å². The molecule has 7 heteroatoms. The summed E-state index contributed by atoms with van der Waals surface area (Å²) in [4.78, 5) is 11.1. The van der Waals surface area contributed by atoms with Gasteiger partial charge in [-0.25, -0.2) is 0 Å². The smallest absolute Gasteiger partial charge is 0.308 e. The van der Waals surface area contributed by atoms with E-state index in [1.807, 2.05) is 11.5 Å². The predicted octanol–water partition coefficient (Wildman–Crippen LogP) is -0.298. The Balaban J connectivity index is 2.23. The zero-order valence-corrected chi connectivity index (χ0v) is 10.8. The summed E-state index contributed by atoms with van der Waals surface area (Å²) in [6.07, 6.45) is 0.912. The summed E-state index contributed by atoms with van der Waals surface area (Å²) in [5.41, 5.74) is 0. The second kappa shape index (κ2) is 7.78. The Labute approximate surface area is 106 Å². The Kier molecular flexibility index (Phi) is 6.31. The van der Waals surface area contributed by atoms with Crippen molar-refractivity contribution in [2.24, 2.45) is 0 Å². The van der Waals surface area contributed by atoms with Gasteiger partial charge in [0.15, 0.2) is 0 Å². The number of hydrogen-bond acceptors (Lipinski definition) is 6. The highest BCUT2D eigenvalue weighted by Crippen LogP contribution is 1.96. The summed E-state index contributed by atoms with van der Waals surface area (Å²) in [7, 11) is 0. The summed E-state index contributed by atoms with van der Waals surface area (Å²) in [5.74, 6) is 0.421. The maximum Gasteiger partial charge on any atom is 0.308 e. The minimum atomic E-state index is -0.748. The molecule has 0 saturated carbocycles. The highest BCUT2D eigenvalue weighted by molar-refractivity contribution is 5.69. The number of carbonyl (C=O) groups is 1. The molecule has 0 aliphatic carbocycles. The van der Waals surface area contributed by atoms with Crippen LogP contribution in [0, 0.1) is 0 Å². The Morgan fingerprint density at radius 2 is 2.39 bits per heavy atom. The third-order valence-corrected chi connectivity index (χ3v) is 2.41. The molecule has 102 valence electrons. The standard InChI is InChI=1S/C11H20N4O3/c1-3-15-8-13-14-10(15)7-12-6-9(16)5-11(17)18-4-2/h8-9,12,16H,3-7H2,1-2H3. The van der Waals surface area contributed by atoms with Crippen LogP contribution in [0.25, 0.3) is 0 Å². The van der Waals surface area contributed by atoms with E-state index in [-0.39, 0.29) is 12.4 Å². The number of aliphatic hydroxyl groups is 1. The van der Waals surface area contributed by atoms with E-state index < -0.39 is 6.10 Å². The number of aliphatic hydroxyl groups excluding tert-OH is 1. The van der Waals surface area contributed by atoms with Gasteiger partial charge in [0.2, 0.25) is 0 Å². The molecule has 0 aliphatic rings. The zero-order valence-electron chi connectivity index (χ0n) is 10.8. The average Bonchev–Trinajstić information content (AvgIpc) is 2.76. The molecule has 18 heavy (non-hydrogen) atoms. The van der Waals surface area contributed by atoms with Crippen LogP contribution in [0.4, 0.5) is 0 Å². The normalized spacial score (nSPS) is 12.4. The SMILES string of the molecule is CCOC(=O)CC(O)CNCc1nncn1CC. The van der Waals surface area contributed by atoms with Gasteiger partial charge in [-0.2, -0.15) is 0 Å². The Morgan fingerprint density at radius 1 is 1.61 bits per heavy atom. The van der Waals surface area contributed by atoms with Crippen LogP contribution < -0.4 is 5.32 Å². The average molecular weight is 256 g/mol. The highest BCUT2D eigenvalue weighted by atomic mass is 16.5. The number of ether oxygens (including phenoxy) is 1. The largest absolute Gasteiger partial charge is 0.466 e. The molecular formula is C11H20N4O3. The molecule has 0 radical (unpaired) electrons. The van der Waals surface area contributed by atoms with Crippen LogP contribution in [-0.2, 0) is 22.6 Å². The molecule has 1 rings (SSSR count). The molecule has 1 heterocycles. The van der Waals surface area contributed by atoms with Crippen LogP contribution in [0.2, 0.25) is 0 Å². The summed E-state index contributed by atoms with van der Waals surface area (Å²) < 4.78 is 6.66. The number of aryl methyl sites for hydroxylation is 1. The number of esters is 1. The number of rotatable bonds is 8. The lowest BCUT2D eigenvalue weighted by Gasteiger charge is -2.11. The summed E-state index contributed by atoms with van der Waals surface area (Å²) in [6, 6.07) is 0. The van der Waals surface area contributed by atoms with E-state index in [0.717, 1.165) is 12.4 Å². The van der Waals surface area contributed by atoms with Crippen LogP contribution in [-0.4, -0.2) is 45.1 Å². The first-order valence-electron chi connectivity index (χ1n) is 6.08. The molecular weight excluding hydrogens is 236 g/mol. The first-order chi connectivity index (χ1) is 8.67. The van der Waals surface area contributed by atoms with E-state index in [4.69, 9.17) is 4.74 Å². The first-order valence-corrected chi connectivity index (χ1v) is 6.08. The second-order valence-electron chi connectivity index (χ2n) is 3.83. The van der Waals surface area contributed by atoms with E-state index in [2.05, 4.69) is 15.5 Å². The van der Waals surface area contributed by atoms with Gasteiger partial charge in [-0.05, 0) is 13.8 Å². The molecule has 0 spiro atoms. The maximum absolute atomic E-state index is 11.1. The molecule has 0 amide bonds. The van der Waals surface area contributed by atoms with Crippen molar-refractivity contribution in [1.82, 2.24) is 20.1 Å². The molecule has 1 aromatic rings. The topological polar surface area (TPSA) is 89.3 Å². The maximum atomic E-state index is 11.1. The van der Waals surface area contributed by atoms with Crippen LogP contribution in [0.3, 0.4) is 0 Å². The number of nitrogens with zero attached hydrogens (tertiary/aromatic N) is 3. The van der Waals surface area contributed by atoms with E-state index in [1.54, 1.807) is 13.3 Å². The molecule has 0 fully saturated rings. The summed E-state index contributed by atoms with van der Waals surface area (Å²) >= 11 is 0. The van der Waals surface area contributed by atoms with Crippen molar-refractivity contribution in [2.75, 3.05) is 13.2 Å². The molecule has 0 bridgehead atoms. The first kappa shape index (κ1) is 14.6. The third-order valence-electron chi connectivity index (χ3n) is 2.41. The molecule has 1 unspecified atom stereocenters. The molecule has 2 N–H and O–H groups in total. The molecule has 1 aromatic heterocycles. The Hall–Kier alpha value is -1.47. The second-order valence-corrected chi connectivity index (χ2v) is 3.83. The van der Waals surface area contributed by atoms with E-state index in [0.29, 0.717) is 19.7 Å². The van der Waals surface area contributed by atoms with Crippen molar-refractivity contribution >= 4 is 5.97 Å². The number of nitrogens with one attached hydrogen (secondary N) is 1. The van der Waals surface area contributed by atoms with Crippen molar-refractivity contribution in [3.05, 3.63) is 12.2 Å². The molecule has 0 aliphatic heterocycles. The fourth-order valence-corrected chi connectivity index (χ4v) is 1.52.